The van der Waals surface area contributed by atoms with E-state index in [4.69, 9.17) is 0 Å². The Bertz CT molecular complexity index is 641. The number of ketones is 2. The van der Waals surface area contributed by atoms with E-state index in [0.717, 1.165) is 32.1 Å². The van der Waals surface area contributed by atoms with Gasteiger partial charge in [0.1, 0.15) is 11.6 Å². The fourth-order valence-corrected chi connectivity index (χ4v) is 7.62. The molecular weight excluding hydrogens is 352 g/mol. The number of hydrogen-bond acceptors (Lipinski definition) is 3. The molecule has 0 aromatic carbocycles. The molecule has 3 fully saturated rings. The second-order valence-electron chi connectivity index (χ2n) is 10.6. The summed E-state index contributed by atoms with van der Waals surface area (Å²) >= 11 is 0. The van der Waals surface area contributed by atoms with E-state index in [-0.39, 0.29) is 23.2 Å². The second-order valence-corrected chi connectivity index (χ2v) is 10.6. The number of carboxylic acids is 1. The molecule has 4 nitrogen and oxygen atoms in total. The van der Waals surface area contributed by atoms with Crippen molar-refractivity contribution < 1.29 is 19.5 Å². The average Bonchev–Trinajstić information content (AvgIpc) is 2.96. The molecule has 3 rings (SSSR count). The maximum Gasteiger partial charge on any atom is 0.303 e. The normalized spacial score (nSPS) is 41.2. The number of carboxylic acid groups (broad SMARTS) is 1. The first-order valence-corrected chi connectivity index (χ1v) is 11.4. The van der Waals surface area contributed by atoms with Crippen molar-refractivity contribution >= 4 is 17.5 Å². The highest BCUT2D eigenvalue weighted by atomic mass is 16.4. The monoisotopic (exact) mass is 390 g/mol. The maximum absolute atomic E-state index is 12.7. The summed E-state index contributed by atoms with van der Waals surface area (Å²) < 4.78 is 0. The number of carbonyl (C=O) groups is 3. The summed E-state index contributed by atoms with van der Waals surface area (Å²) in [5.41, 5.74) is 0.116. The quantitative estimate of drug-likeness (QED) is 0.641. The van der Waals surface area contributed by atoms with Crippen LogP contribution in [0.2, 0.25) is 0 Å². The van der Waals surface area contributed by atoms with Crippen LogP contribution in [0.3, 0.4) is 0 Å². The highest BCUT2D eigenvalue weighted by molar-refractivity contribution is 5.81. The largest absolute Gasteiger partial charge is 0.481 e. The Morgan fingerprint density at radius 2 is 1.89 bits per heavy atom. The van der Waals surface area contributed by atoms with Gasteiger partial charge in [0.05, 0.1) is 0 Å². The van der Waals surface area contributed by atoms with Gasteiger partial charge in [0.15, 0.2) is 0 Å². The molecule has 3 aliphatic rings. The molecule has 1 N–H and O–H groups in total. The molecule has 0 aliphatic heterocycles. The van der Waals surface area contributed by atoms with Gasteiger partial charge in [-0.3, -0.25) is 14.4 Å². The van der Waals surface area contributed by atoms with E-state index in [1.807, 2.05) is 6.92 Å². The number of rotatable bonds is 7. The molecule has 3 saturated carbocycles. The van der Waals surface area contributed by atoms with Gasteiger partial charge >= 0.3 is 5.97 Å². The van der Waals surface area contributed by atoms with Crippen molar-refractivity contribution in [2.45, 2.75) is 91.9 Å². The maximum atomic E-state index is 12.7. The van der Waals surface area contributed by atoms with Gasteiger partial charge in [-0.2, -0.15) is 0 Å². The van der Waals surface area contributed by atoms with E-state index >= 15 is 0 Å². The molecule has 0 saturated heterocycles. The standard InChI is InChI=1S/C24H38O4/c1-5-16(25)8-10-23(3)14-17(26)13-18-20(23)9-11-24(4)19(6-7-21(18)24)15(2)12-22(27)28/h15,18-21H,5-14H2,1-4H3,(H,27,28)/t15-,18-,19-,20+,21+,23+,24-/m1/s1. The van der Waals surface area contributed by atoms with Crippen molar-refractivity contribution in [3.05, 3.63) is 0 Å². The zero-order valence-electron chi connectivity index (χ0n) is 18.1. The smallest absolute Gasteiger partial charge is 0.303 e. The van der Waals surface area contributed by atoms with Gasteiger partial charge in [0, 0.05) is 32.1 Å². The van der Waals surface area contributed by atoms with Gasteiger partial charge in [-0.15, -0.1) is 0 Å². The first kappa shape index (κ1) is 21.5. The molecular formula is C24H38O4. The predicted molar refractivity (Wildman–Crippen MR) is 109 cm³/mol. The van der Waals surface area contributed by atoms with Crippen LogP contribution in [0.15, 0.2) is 0 Å². The molecule has 7 atom stereocenters. The van der Waals surface area contributed by atoms with Gasteiger partial charge in [-0.25, -0.2) is 0 Å². The molecule has 4 heteroatoms. The van der Waals surface area contributed by atoms with Crippen molar-refractivity contribution in [1.29, 1.82) is 0 Å². The van der Waals surface area contributed by atoms with Crippen LogP contribution in [0.1, 0.15) is 91.9 Å². The van der Waals surface area contributed by atoms with Gasteiger partial charge < -0.3 is 5.11 Å². The Balaban J connectivity index is 1.80. The molecule has 0 heterocycles. The summed E-state index contributed by atoms with van der Waals surface area (Å²) in [6.45, 7) is 8.65. The average molecular weight is 391 g/mol. The number of fused-ring (bicyclic) bond motifs is 3. The zero-order valence-corrected chi connectivity index (χ0v) is 18.1. The van der Waals surface area contributed by atoms with Gasteiger partial charge in [-0.05, 0) is 72.5 Å². The summed E-state index contributed by atoms with van der Waals surface area (Å²) in [6, 6.07) is 0. The summed E-state index contributed by atoms with van der Waals surface area (Å²) in [7, 11) is 0. The summed E-state index contributed by atoms with van der Waals surface area (Å²) in [5, 5.41) is 9.27. The second kappa shape index (κ2) is 7.91. The van der Waals surface area contributed by atoms with E-state index in [1.165, 1.54) is 0 Å². The first-order chi connectivity index (χ1) is 13.1. The van der Waals surface area contributed by atoms with E-state index < -0.39 is 5.97 Å². The number of hydrogen-bond donors (Lipinski definition) is 1. The number of aliphatic carboxylic acids is 1. The first-order valence-electron chi connectivity index (χ1n) is 11.4. The Morgan fingerprint density at radius 1 is 1.18 bits per heavy atom. The van der Waals surface area contributed by atoms with Crippen LogP contribution in [-0.2, 0) is 14.4 Å². The molecule has 158 valence electrons. The summed E-state index contributed by atoms with van der Waals surface area (Å²) in [4.78, 5) is 36.0. The molecule has 0 amide bonds. The SMILES string of the molecule is CCC(=O)CC[C@@]1(C)CC(=O)C[C@@H]2[C@@H]1CC[C@]1(C)[C@@H]([C@H](C)CC(=O)O)CC[C@@H]21. The number of carbonyl (C=O) groups excluding carboxylic acids is 2. The van der Waals surface area contributed by atoms with Crippen LogP contribution < -0.4 is 0 Å². The van der Waals surface area contributed by atoms with Crippen molar-refractivity contribution in [2.24, 2.45) is 40.4 Å². The molecule has 0 aromatic heterocycles. The fraction of sp³-hybridized carbons (Fsp3) is 0.875. The lowest BCUT2D eigenvalue weighted by molar-refractivity contribution is -0.141. The highest BCUT2D eigenvalue weighted by Gasteiger charge is 2.59. The molecule has 3 aliphatic carbocycles. The van der Waals surface area contributed by atoms with E-state index in [9.17, 15) is 19.5 Å². The molecule has 0 radical (unpaired) electrons. The highest BCUT2D eigenvalue weighted by Crippen LogP contribution is 2.66. The molecule has 0 bridgehead atoms. The summed E-state index contributed by atoms with van der Waals surface area (Å²) in [6.07, 6.45) is 8.09. The Kier molecular flexibility index (Phi) is 6.08. The lowest BCUT2D eigenvalue weighted by Crippen LogP contribution is -2.51. The van der Waals surface area contributed by atoms with Crippen molar-refractivity contribution in [2.75, 3.05) is 0 Å². The lowest BCUT2D eigenvalue weighted by Gasteiger charge is -2.56. The lowest BCUT2D eigenvalue weighted by atomic mass is 9.48. The molecule has 0 aromatic rings. The minimum absolute atomic E-state index is 0.0447. The predicted octanol–water partition coefficient (Wildman–Crippen LogP) is 5.28. The molecule has 28 heavy (non-hydrogen) atoms. The van der Waals surface area contributed by atoms with E-state index in [0.29, 0.717) is 60.9 Å². The van der Waals surface area contributed by atoms with Gasteiger partial charge in [0.2, 0.25) is 0 Å². The summed E-state index contributed by atoms with van der Waals surface area (Å²) in [5.74, 6) is 2.09. The third-order valence-electron chi connectivity index (χ3n) is 9.02. The van der Waals surface area contributed by atoms with Crippen LogP contribution in [0.4, 0.5) is 0 Å². The fourth-order valence-electron chi connectivity index (χ4n) is 7.62. The van der Waals surface area contributed by atoms with Gasteiger partial charge in [0.25, 0.3) is 0 Å². The van der Waals surface area contributed by atoms with Crippen molar-refractivity contribution in [1.82, 2.24) is 0 Å². The Labute approximate surface area is 169 Å². The van der Waals surface area contributed by atoms with Crippen LogP contribution in [-0.4, -0.2) is 22.6 Å². The minimum atomic E-state index is -0.700. The Morgan fingerprint density at radius 3 is 2.54 bits per heavy atom. The van der Waals surface area contributed by atoms with Crippen LogP contribution >= 0.6 is 0 Å². The van der Waals surface area contributed by atoms with Crippen molar-refractivity contribution in [3.8, 4) is 0 Å². The Hall–Kier alpha value is -1.19. The van der Waals surface area contributed by atoms with E-state index in [1.54, 1.807) is 0 Å². The molecule has 0 unspecified atom stereocenters. The van der Waals surface area contributed by atoms with Crippen LogP contribution in [0.5, 0.6) is 0 Å². The minimum Gasteiger partial charge on any atom is -0.481 e. The third-order valence-corrected chi connectivity index (χ3v) is 9.02. The molecule has 0 spiro atoms. The topological polar surface area (TPSA) is 71.4 Å². The van der Waals surface area contributed by atoms with Gasteiger partial charge in [-0.1, -0.05) is 27.7 Å². The van der Waals surface area contributed by atoms with Crippen LogP contribution in [0, 0.1) is 40.4 Å². The van der Waals surface area contributed by atoms with E-state index in [2.05, 4.69) is 20.8 Å². The van der Waals surface area contributed by atoms with Crippen LogP contribution in [0.25, 0.3) is 0 Å². The number of Topliss-reactive ketones (excluding diaryl/α,β-unsaturated/α-hetero) is 2. The van der Waals surface area contributed by atoms with Crippen molar-refractivity contribution in [3.63, 3.8) is 0 Å². The zero-order chi connectivity index (χ0) is 20.7. The third kappa shape index (κ3) is 3.80.